The van der Waals surface area contributed by atoms with Crippen molar-refractivity contribution in [1.82, 2.24) is 9.38 Å². The highest BCUT2D eigenvalue weighted by atomic mass is 15.0. The molecule has 0 unspecified atom stereocenters. The fourth-order valence-corrected chi connectivity index (χ4v) is 1.78. The van der Waals surface area contributed by atoms with Crippen molar-refractivity contribution in [2.45, 2.75) is 18.8 Å². The number of hydrogen-bond donors (Lipinski definition) is 0. The van der Waals surface area contributed by atoms with Crippen molar-refractivity contribution >= 4 is 5.65 Å². The summed E-state index contributed by atoms with van der Waals surface area (Å²) in [4.78, 5) is 4.15. The Hall–Kier alpha value is -1.82. The number of hydrogen-bond acceptors (Lipinski definition) is 2. The van der Waals surface area contributed by atoms with Gasteiger partial charge in [-0.1, -0.05) is 0 Å². The molecule has 0 amide bonds. The second-order valence-electron chi connectivity index (χ2n) is 3.73. The number of pyridine rings is 1. The molecule has 1 aliphatic carbocycles. The summed E-state index contributed by atoms with van der Waals surface area (Å²) in [7, 11) is 0. The number of nitriles is 1. The number of nitrogens with zero attached hydrogens (tertiary/aromatic N) is 3. The van der Waals surface area contributed by atoms with Gasteiger partial charge in [0.25, 0.3) is 0 Å². The van der Waals surface area contributed by atoms with Gasteiger partial charge in [0, 0.05) is 18.6 Å². The minimum atomic E-state index is 0.675. The van der Waals surface area contributed by atoms with Gasteiger partial charge in [-0.2, -0.15) is 5.26 Å². The highest BCUT2D eigenvalue weighted by Gasteiger charge is 2.24. The fraction of sp³-hybridized carbons (Fsp3) is 0.273. The predicted octanol–water partition coefficient (Wildman–Crippen LogP) is 2.08. The van der Waals surface area contributed by atoms with Crippen LogP contribution in [-0.4, -0.2) is 9.38 Å². The van der Waals surface area contributed by atoms with Gasteiger partial charge in [-0.05, 0) is 30.4 Å². The average molecular weight is 183 g/mol. The lowest BCUT2D eigenvalue weighted by molar-refractivity contribution is 1.06. The zero-order chi connectivity index (χ0) is 9.54. The van der Waals surface area contributed by atoms with E-state index in [0.29, 0.717) is 11.5 Å². The van der Waals surface area contributed by atoms with E-state index in [1.54, 1.807) is 6.20 Å². The minimum Gasteiger partial charge on any atom is -0.306 e. The molecule has 1 aliphatic rings. The van der Waals surface area contributed by atoms with E-state index in [4.69, 9.17) is 5.26 Å². The first kappa shape index (κ1) is 7.57. The first-order valence-corrected chi connectivity index (χ1v) is 4.75. The van der Waals surface area contributed by atoms with Gasteiger partial charge in [-0.15, -0.1) is 0 Å². The Morgan fingerprint density at radius 2 is 2.36 bits per heavy atom. The van der Waals surface area contributed by atoms with Gasteiger partial charge in [-0.3, -0.25) is 0 Å². The Morgan fingerprint density at radius 1 is 1.50 bits per heavy atom. The molecule has 3 rings (SSSR count). The molecular formula is C11H9N3. The Labute approximate surface area is 81.6 Å². The molecule has 0 spiro atoms. The standard InChI is InChI=1S/C11H9N3/c12-6-9-5-10(8-1-2-8)7-14-4-3-13-11(9)14/h3-5,7-8H,1-2H2. The normalized spacial score (nSPS) is 15.6. The smallest absolute Gasteiger partial charge is 0.154 e. The summed E-state index contributed by atoms with van der Waals surface area (Å²) in [6.07, 6.45) is 8.21. The van der Waals surface area contributed by atoms with Crippen molar-refractivity contribution < 1.29 is 0 Å². The molecule has 2 aromatic rings. The van der Waals surface area contributed by atoms with Gasteiger partial charge >= 0.3 is 0 Å². The summed E-state index contributed by atoms with van der Waals surface area (Å²) in [5.74, 6) is 0.675. The van der Waals surface area contributed by atoms with Crippen LogP contribution in [0.4, 0.5) is 0 Å². The summed E-state index contributed by atoms with van der Waals surface area (Å²) in [6.45, 7) is 0. The molecule has 0 radical (unpaired) electrons. The van der Waals surface area contributed by atoms with Gasteiger partial charge < -0.3 is 4.40 Å². The molecule has 68 valence electrons. The Bertz CT molecular complexity index is 529. The summed E-state index contributed by atoms with van der Waals surface area (Å²) in [5, 5.41) is 8.98. The topological polar surface area (TPSA) is 41.1 Å². The van der Waals surface area contributed by atoms with Crippen molar-refractivity contribution in [2.75, 3.05) is 0 Å². The molecular weight excluding hydrogens is 174 g/mol. The summed E-state index contributed by atoms with van der Waals surface area (Å²) < 4.78 is 1.94. The highest BCUT2D eigenvalue weighted by Crippen LogP contribution is 2.40. The zero-order valence-electron chi connectivity index (χ0n) is 7.64. The molecule has 1 saturated carbocycles. The second kappa shape index (κ2) is 2.58. The van der Waals surface area contributed by atoms with E-state index in [9.17, 15) is 0 Å². The molecule has 2 heterocycles. The van der Waals surface area contributed by atoms with E-state index >= 15 is 0 Å². The molecule has 2 aromatic heterocycles. The highest BCUT2D eigenvalue weighted by molar-refractivity contribution is 5.56. The van der Waals surface area contributed by atoms with E-state index in [-0.39, 0.29) is 0 Å². The third-order valence-corrected chi connectivity index (χ3v) is 2.68. The lowest BCUT2D eigenvalue weighted by atomic mass is 10.1. The maximum atomic E-state index is 8.98. The minimum absolute atomic E-state index is 0.675. The Morgan fingerprint density at radius 3 is 3.07 bits per heavy atom. The molecule has 0 saturated heterocycles. The number of fused-ring (bicyclic) bond motifs is 1. The molecule has 0 aromatic carbocycles. The van der Waals surface area contributed by atoms with E-state index < -0.39 is 0 Å². The molecule has 14 heavy (non-hydrogen) atoms. The Kier molecular flexibility index (Phi) is 1.40. The van der Waals surface area contributed by atoms with E-state index in [0.717, 1.165) is 5.65 Å². The van der Waals surface area contributed by atoms with Crippen molar-refractivity contribution in [3.8, 4) is 6.07 Å². The van der Waals surface area contributed by atoms with E-state index in [1.165, 1.54) is 18.4 Å². The third kappa shape index (κ3) is 1.01. The van der Waals surface area contributed by atoms with Gasteiger partial charge in [0.05, 0.1) is 5.56 Å². The van der Waals surface area contributed by atoms with Crippen LogP contribution in [0.25, 0.3) is 5.65 Å². The zero-order valence-corrected chi connectivity index (χ0v) is 7.64. The van der Waals surface area contributed by atoms with Crippen LogP contribution in [0.2, 0.25) is 0 Å². The van der Waals surface area contributed by atoms with Gasteiger partial charge in [-0.25, -0.2) is 4.98 Å². The molecule has 0 aliphatic heterocycles. The maximum Gasteiger partial charge on any atom is 0.154 e. The van der Waals surface area contributed by atoms with Crippen LogP contribution < -0.4 is 0 Å². The van der Waals surface area contributed by atoms with E-state index in [2.05, 4.69) is 17.3 Å². The van der Waals surface area contributed by atoms with E-state index in [1.807, 2.05) is 16.7 Å². The average Bonchev–Trinajstić information content (AvgIpc) is 2.95. The summed E-state index contributed by atoms with van der Waals surface area (Å²) in [6, 6.07) is 4.17. The van der Waals surface area contributed by atoms with Crippen molar-refractivity contribution in [3.05, 3.63) is 35.8 Å². The fourth-order valence-electron chi connectivity index (χ4n) is 1.78. The second-order valence-corrected chi connectivity index (χ2v) is 3.73. The van der Waals surface area contributed by atoms with Crippen molar-refractivity contribution in [1.29, 1.82) is 5.26 Å². The van der Waals surface area contributed by atoms with Crippen LogP contribution in [0, 0.1) is 11.3 Å². The van der Waals surface area contributed by atoms with Crippen LogP contribution >= 0.6 is 0 Å². The van der Waals surface area contributed by atoms with Gasteiger partial charge in [0.15, 0.2) is 5.65 Å². The Balaban J connectivity index is 2.30. The van der Waals surface area contributed by atoms with Crippen LogP contribution in [0.1, 0.15) is 29.9 Å². The third-order valence-electron chi connectivity index (χ3n) is 2.68. The van der Waals surface area contributed by atoms with Crippen LogP contribution in [0.15, 0.2) is 24.7 Å². The summed E-state index contributed by atoms with van der Waals surface area (Å²) >= 11 is 0. The molecule has 0 bridgehead atoms. The number of imidazole rings is 1. The molecule has 1 fully saturated rings. The summed E-state index contributed by atoms with van der Waals surface area (Å²) in [5.41, 5.74) is 2.71. The van der Waals surface area contributed by atoms with Gasteiger partial charge in [0.2, 0.25) is 0 Å². The predicted molar refractivity (Wildman–Crippen MR) is 51.9 cm³/mol. The quantitative estimate of drug-likeness (QED) is 0.679. The first-order valence-electron chi connectivity index (χ1n) is 4.75. The monoisotopic (exact) mass is 183 g/mol. The van der Waals surface area contributed by atoms with Crippen LogP contribution in [0.3, 0.4) is 0 Å². The molecule has 3 heteroatoms. The van der Waals surface area contributed by atoms with Crippen LogP contribution in [-0.2, 0) is 0 Å². The number of rotatable bonds is 1. The van der Waals surface area contributed by atoms with Crippen molar-refractivity contribution in [2.24, 2.45) is 0 Å². The maximum absolute atomic E-state index is 8.98. The molecule has 0 atom stereocenters. The molecule has 0 N–H and O–H groups in total. The van der Waals surface area contributed by atoms with Gasteiger partial charge in [0.1, 0.15) is 6.07 Å². The van der Waals surface area contributed by atoms with Crippen molar-refractivity contribution in [3.63, 3.8) is 0 Å². The SMILES string of the molecule is N#Cc1cc(C2CC2)cn2ccnc12. The van der Waals surface area contributed by atoms with Crippen LogP contribution in [0.5, 0.6) is 0 Å². The lowest BCUT2D eigenvalue weighted by Crippen LogP contribution is -1.92. The lowest BCUT2D eigenvalue weighted by Gasteiger charge is -2.01. The molecule has 3 nitrogen and oxygen atoms in total. The number of aromatic nitrogens is 2. The first-order chi connectivity index (χ1) is 6.88. The largest absolute Gasteiger partial charge is 0.306 e.